The Morgan fingerprint density at radius 1 is 1.37 bits per heavy atom. The summed E-state index contributed by atoms with van der Waals surface area (Å²) in [6.07, 6.45) is -2.04. The van der Waals surface area contributed by atoms with Crippen LogP contribution in [0.15, 0.2) is 35.8 Å². The lowest BCUT2D eigenvalue weighted by molar-refractivity contribution is -0.137. The van der Waals surface area contributed by atoms with Crippen molar-refractivity contribution in [2.24, 2.45) is 0 Å². The van der Waals surface area contributed by atoms with Gasteiger partial charge in [0.25, 0.3) is 0 Å². The standard InChI is InChI=1S/C13H13F3N2S/c1-17-11(8-12-18-5-6-19-12)9-3-2-4-10(7-9)13(14,15)16/h2-7,11,17H,8H2,1H3. The number of benzene rings is 1. The topological polar surface area (TPSA) is 24.9 Å². The van der Waals surface area contributed by atoms with Crippen LogP contribution in [0.5, 0.6) is 0 Å². The van der Waals surface area contributed by atoms with E-state index in [1.807, 2.05) is 5.38 Å². The van der Waals surface area contributed by atoms with Crippen LogP contribution < -0.4 is 5.32 Å². The van der Waals surface area contributed by atoms with Gasteiger partial charge in [0.2, 0.25) is 0 Å². The normalized spacial score (nSPS) is 13.5. The van der Waals surface area contributed by atoms with Crippen molar-refractivity contribution in [1.29, 1.82) is 0 Å². The highest BCUT2D eigenvalue weighted by Gasteiger charge is 2.30. The Kier molecular flexibility index (Phi) is 4.21. The molecule has 6 heteroatoms. The van der Waals surface area contributed by atoms with E-state index in [-0.39, 0.29) is 6.04 Å². The molecule has 0 radical (unpaired) electrons. The maximum Gasteiger partial charge on any atom is 0.416 e. The number of thiazole rings is 1. The number of alkyl halides is 3. The first-order chi connectivity index (χ1) is 9.00. The molecule has 0 aliphatic carbocycles. The summed E-state index contributed by atoms with van der Waals surface area (Å²) in [5.41, 5.74) is -0.00286. The zero-order valence-electron chi connectivity index (χ0n) is 10.2. The average molecular weight is 286 g/mol. The number of halogens is 3. The van der Waals surface area contributed by atoms with Gasteiger partial charge in [0.1, 0.15) is 0 Å². The number of hydrogen-bond acceptors (Lipinski definition) is 3. The Hall–Kier alpha value is -1.40. The summed E-state index contributed by atoms with van der Waals surface area (Å²) >= 11 is 1.50. The van der Waals surface area contributed by atoms with Gasteiger partial charge in [0, 0.05) is 24.0 Å². The molecule has 0 spiro atoms. The highest BCUT2D eigenvalue weighted by atomic mass is 32.1. The van der Waals surface area contributed by atoms with Crippen LogP contribution in [-0.4, -0.2) is 12.0 Å². The van der Waals surface area contributed by atoms with Crippen molar-refractivity contribution in [1.82, 2.24) is 10.3 Å². The predicted molar refractivity (Wildman–Crippen MR) is 69.1 cm³/mol. The Bertz CT molecular complexity index is 523. The van der Waals surface area contributed by atoms with E-state index in [1.165, 1.54) is 23.5 Å². The molecular weight excluding hydrogens is 273 g/mol. The maximum absolute atomic E-state index is 12.7. The van der Waals surface area contributed by atoms with Gasteiger partial charge in [-0.1, -0.05) is 12.1 Å². The number of hydrogen-bond donors (Lipinski definition) is 1. The van der Waals surface area contributed by atoms with E-state index in [0.717, 1.165) is 11.1 Å². The van der Waals surface area contributed by atoms with Gasteiger partial charge in [0.05, 0.1) is 10.6 Å². The molecule has 1 unspecified atom stereocenters. The molecule has 1 aromatic heterocycles. The first kappa shape index (κ1) is 14.0. The molecule has 0 bridgehead atoms. The van der Waals surface area contributed by atoms with E-state index in [0.29, 0.717) is 12.0 Å². The van der Waals surface area contributed by atoms with Crippen molar-refractivity contribution in [3.05, 3.63) is 52.0 Å². The highest BCUT2D eigenvalue weighted by molar-refractivity contribution is 7.09. The van der Waals surface area contributed by atoms with Gasteiger partial charge < -0.3 is 5.32 Å². The average Bonchev–Trinajstić information content (AvgIpc) is 2.88. The fourth-order valence-electron chi connectivity index (χ4n) is 1.85. The summed E-state index contributed by atoms with van der Waals surface area (Å²) in [5, 5.41) is 5.79. The lowest BCUT2D eigenvalue weighted by atomic mass is 10.0. The second-order valence-electron chi connectivity index (χ2n) is 4.09. The van der Waals surface area contributed by atoms with Gasteiger partial charge >= 0.3 is 6.18 Å². The third-order valence-corrected chi connectivity index (χ3v) is 3.63. The monoisotopic (exact) mass is 286 g/mol. The first-order valence-electron chi connectivity index (χ1n) is 5.73. The molecule has 0 aliphatic rings. The van der Waals surface area contributed by atoms with Gasteiger partial charge in [-0.2, -0.15) is 13.2 Å². The van der Waals surface area contributed by atoms with Gasteiger partial charge in [-0.25, -0.2) is 4.98 Å². The molecule has 2 aromatic rings. The Morgan fingerprint density at radius 2 is 2.16 bits per heavy atom. The van der Waals surface area contributed by atoms with Crippen LogP contribution in [0.4, 0.5) is 13.2 Å². The third kappa shape index (κ3) is 3.54. The molecule has 19 heavy (non-hydrogen) atoms. The van der Waals surface area contributed by atoms with Gasteiger partial charge in [-0.3, -0.25) is 0 Å². The highest BCUT2D eigenvalue weighted by Crippen LogP contribution is 2.31. The number of nitrogens with zero attached hydrogens (tertiary/aromatic N) is 1. The van der Waals surface area contributed by atoms with Crippen molar-refractivity contribution < 1.29 is 13.2 Å². The summed E-state index contributed by atoms with van der Waals surface area (Å²) in [5.74, 6) is 0. The van der Waals surface area contributed by atoms with E-state index >= 15 is 0 Å². The number of likely N-dealkylation sites (N-methyl/N-ethyl adjacent to an activating group) is 1. The molecule has 0 fully saturated rings. The molecule has 2 nitrogen and oxygen atoms in total. The SMILES string of the molecule is CNC(Cc1nccs1)c1cccc(C(F)(F)F)c1. The molecule has 1 atom stereocenters. The number of aromatic nitrogens is 1. The zero-order valence-corrected chi connectivity index (χ0v) is 11.1. The van der Waals surface area contributed by atoms with Gasteiger partial charge in [-0.15, -0.1) is 11.3 Å². The van der Waals surface area contributed by atoms with Crippen molar-refractivity contribution >= 4 is 11.3 Å². The minimum Gasteiger partial charge on any atom is -0.313 e. The fraction of sp³-hybridized carbons (Fsp3) is 0.308. The summed E-state index contributed by atoms with van der Waals surface area (Å²) in [4.78, 5) is 4.16. The summed E-state index contributed by atoms with van der Waals surface area (Å²) in [7, 11) is 1.73. The summed E-state index contributed by atoms with van der Waals surface area (Å²) in [6.45, 7) is 0. The number of nitrogens with one attached hydrogen (secondary N) is 1. The molecule has 0 aliphatic heterocycles. The largest absolute Gasteiger partial charge is 0.416 e. The molecule has 0 saturated carbocycles. The van der Waals surface area contributed by atoms with Crippen molar-refractivity contribution in [3.8, 4) is 0 Å². The lowest BCUT2D eigenvalue weighted by Gasteiger charge is -2.17. The number of rotatable bonds is 4. The molecule has 102 valence electrons. The second kappa shape index (κ2) is 5.71. The minimum atomic E-state index is -4.31. The van der Waals surface area contributed by atoms with Crippen molar-refractivity contribution in [2.75, 3.05) is 7.05 Å². The molecule has 1 heterocycles. The Morgan fingerprint density at radius 3 is 2.74 bits per heavy atom. The Labute approximate surface area is 113 Å². The van der Waals surface area contributed by atoms with Crippen LogP contribution in [0.3, 0.4) is 0 Å². The van der Waals surface area contributed by atoms with Crippen LogP contribution in [-0.2, 0) is 12.6 Å². The minimum absolute atomic E-state index is 0.173. The maximum atomic E-state index is 12.7. The van der Waals surface area contributed by atoms with E-state index in [9.17, 15) is 13.2 Å². The van der Waals surface area contributed by atoms with Gasteiger partial charge in [-0.05, 0) is 24.7 Å². The molecule has 1 aromatic carbocycles. The molecule has 2 rings (SSSR count). The van der Waals surface area contributed by atoms with Crippen LogP contribution >= 0.6 is 11.3 Å². The second-order valence-corrected chi connectivity index (χ2v) is 5.07. The zero-order chi connectivity index (χ0) is 13.9. The molecule has 0 amide bonds. The van der Waals surface area contributed by atoms with Crippen molar-refractivity contribution in [2.45, 2.75) is 18.6 Å². The van der Waals surface area contributed by atoms with Crippen LogP contribution in [0.25, 0.3) is 0 Å². The smallest absolute Gasteiger partial charge is 0.313 e. The quantitative estimate of drug-likeness (QED) is 0.927. The predicted octanol–water partition coefficient (Wildman–Crippen LogP) is 3.67. The van der Waals surface area contributed by atoms with Crippen LogP contribution in [0, 0.1) is 0 Å². The van der Waals surface area contributed by atoms with E-state index < -0.39 is 11.7 Å². The molecule has 0 saturated heterocycles. The van der Waals surface area contributed by atoms with E-state index in [4.69, 9.17) is 0 Å². The first-order valence-corrected chi connectivity index (χ1v) is 6.61. The van der Waals surface area contributed by atoms with Crippen molar-refractivity contribution in [3.63, 3.8) is 0 Å². The fourth-order valence-corrected chi connectivity index (χ4v) is 2.51. The summed E-state index contributed by atoms with van der Waals surface area (Å²) in [6, 6.07) is 5.23. The van der Waals surface area contributed by atoms with E-state index in [1.54, 1.807) is 19.3 Å². The molecular formula is C13H13F3N2S. The van der Waals surface area contributed by atoms with E-state index in [2.05, 4.69) is 10.3 Å². The summed E-state index contributed by atoms with van der Waals surface area (Å²) < 4.78 is 38.0. The lowest BCUT2D eigenvalue weighted by Crippen LogP contribution is -2.19. The third-order valence-electron chi connectivity index (χ3n) is 2.83. The van der Waals surface area contributed by atoms with Crippen LogP contribution in [0.2, 0.25) is 0 Å². The van der Waals surface area contributed by atoms with Gasteiger partial charge in [0.15, 0.2) is 0 Å². The van der Waals surface area contributed by atoms with Crippen LogP contribution in [0.1, 0.15) is 22.2 Å². The molecule has 1 N–H and O–H groups in total. The Balaban J connectivity index is 2.23.